The summed E-state index contributed by atoms with van der Waals surface area (Å²) in [4.78, 5) is 2.27. The quantitative estimate of drug-likeness (QED) is 0.797. The first-order chi connectivity index (χ1) is 13.2. The number of primary sulfonamides is 1. The molecule has 2 aromatic carbocycles. The lowest BCUT2D eigenvalue weighted by atomic mass is 9.84. The lowest BCUT2D eigenvalue weighted by molar-refractivity contribution is 0.263. The highest BCUT2D eigenvalue weighted by atomic mass is 35.5. The van der Waals surface area contributed by atoms with Crippen molar-refractivity contribution in [3.63, 3.8) is 0 Å². The number of fused-ring (bicyclic) bond motifs is 1. The van der Waals surface area contributed by atoms with Gasteiger partial charge < -0.3 is 14.4 Å². The van der Waals surface area contributed by atoms with Gasteiger partial charge in [-0.25, -0.2) is 13.6 Å². The predicted molar refractivity (Wildman–Crippen MR) is 111 cm³/mol. The van der Waals surface area contributed by atoms with E-state index in [2.05, 4.69) is 4.90 Å². The van der Waals surface area contributed by atoms with Crippen LogP contribution >= 0.6 is 11.6 Å². The van der Waals surface area contributed by atoms with E-state index in [-0.39, 0.29) is 4.90 Å². The van der Waals surface area contributed by atoms with E-state index >= 15 is 0 Å². The van der Waals surface area contributed by atoms with E-state index in [9.17, 15) is 8.42 Å². The van der Waals surface area contributed by atoms with Crippen molar-refractivity contribution >= 4 is 21.6 Å². The van der Waals surface area contributed by atoms with Gasteiger partial charge in [0.05, 0.1) is 19.1 Å². The summed E-state index contributed by atoms with van der Waals surface area (Å²) in [6.45, 7) is 0. The van der Waals surface area contributed by atoms with Crippen LogP contribution in [0.3, 0.4) is 0 Å². The smallest absolute Gasteiger partial charge is 0.238 e. The van der Waals surface area contributed by atoms with Crippen molar-refractivity contribution in [2.45, 2.75) is 30.2 Å². The van der Waals surface area contributed by atoms with E-state index in [0.717, 1.165) is 17.5 Å². The van der Waals surface area contributed by atoms with Gasteiger partial charge >= 0.3 is 0 Å². The Kier molecular flexibility index (Phi) is 5.91. The van der Waals surface area contributed by atoms with E-state index in [1.165, 1.54) is 7.11 Å². The molecule has 0 fully saturated rings. The van der Waals surface area contributed by atoms with Crippen molar-refractivity contribution in [1.29, 1.82) is 0 Å². The summed E-state index contributed by atoms with van der Waals surface area (Å²) in [5, 5.41) is 6.15. The molecule has 0 radical (unpaired) electrons. The molecule has 0 aromatic heterocycles. The minimum absolute atomic E-state index is 0.126. The number of hydrogen-bond acceptors (Lipinski definition) is 5. The number of hydrogen-bond donors (Lipinski definition) is 1. The van der Waals surface area contributed by atoms with Crippen LogP contribution in [0.25, 0.3) is 11.1 Å². The fourth-order valence-corrected chi connectivity index (χ4v) is 5.12. The maximum atomic E-state index is 12.7. The first-order valence-electron chi connectivity index (χ1n) is 8.93. The lowest BCUT2D eigenvalue weighted by Gasteiger charge is -2.32. The molecule has 2 aromatic rings. The molecule has 8 heteroatoms. The number of halogens is 1. The second-order valence-corrected chi connectivity index (χ2v) is 9.10. The van der Waals surface area contributed by atoms with Gasteiger partial charge in [-0.05, 0) is 63.2 Å². The molecule has 0 aliphatic heterocycles. The van der Waals surface area contributed by atoms with Crippen molar-refractivity contribution in [3.05, 3.63) is 40.4 Å². The highest BCUT2D eigenvalue weighted by molar-refractivity contribution is 7.89. The van der Waals surface area contributed by atoms with Crippen LogP contribution in [0, 0.1) is 0 Å². The number of sulfonamides is 1. The molecular formula is C20H25ClN2O4S. The van der Waals surface area contributed by atoms with Gasteiger partial charge in [0.15, 0.2) is 0 Å². The molecule has 0 saturated carbocycles. The maximum Gasteiger partial charge on any atom is 0.238 e. The summed E-state index contributed by atoms with van der Waals surface area (Å²) in [7, 11) is 3.17. The van der Waals surface area contributed by atoms with E-state index in [1.807, 2.05) is 14.1 Å². The van der Waals surface area contributed by atoms with Crippen LogP contribution in [-0.4, -0.2) is 47.7 Å². The molecule has 2 N–H and O–H groups in total. The minimum atomic E-state index is -3.99. The zero-order valence-corrected chi connectivity index (χ0v) is 18.0. The molecule has 3 rings (SSSR count). The molecule has 0 bridgehead atoms. The second kappa shape index (κ2) is 7.91. The number of benzene rings is 2. The zero-order chi connectivity index (χ0) is 20.6. The Hall–Kier alpha value is -1.80. The van der Waals surface area contributed by atoms with Crippen LogP contribution in [-0.2, 0) is 22.9 Å². The molecule has 1 unspecified atom stereocenters. The summed E-state index contributed by atoms with van der Waals surface area (Å²) in [6.07, 6.45) is 2.12. The Labute approximate surface area is 171 Å². The molecule has 152 valence electrons. The Morgan fingerprint density at radius 2 is 1.75 bits per heavy atom. The monoisotopic (exact) mass is 424 g/mol. The lowest BCUT2D eigenvalue weighted by Crippen LogP contribution is -2.34. The third-order valence-corrected chi connectivity index (χ3v) is 6.58. The SMILES string of the molecule is COc1ccc(Cl)cc1-c1cc(OC)c2c(c1S(N)(=O)=O)CCC(N(C)C)C2. The molecule has 0 saturated heterocycles. The summed E-state index contributed by atoms with van der Waals surface area (Å²) in [6, 6.07) is 7.12. The topological polar surface area (TPSA) is 81.9 Å². The van der Waals surface area contributed by atoms with E-state index < -0.39 is 10.0 Å². The summed E-state index contributed by atoms with van der Waals surface area (Å²) < 4.78 is 36.4. The second-order valence-electron chi connectivity index (χ2n) is 7.16. The van der Waals surface area contributed by atoms with Gasteiger partial charge in [0.25, 0.3) is 0 Å². The number of methoxy groups -OCH3 is 2. The van der Waals surface area contributed by atoms with Gasteiger partial charge in [-0.3, -0.25) is 0 Å². The molecular weight excluding hydrogens is 400 g/mol. The van der Waals surface area contributed by atoms with E-state index in [1.54, 1.807) is 31.4 Å². The minimum Gasteiger partial charge on any atom is -0.496 e. The van der Waals surface area contributed by atoms with Crippen LogP contribution in [0.5, 0.6) is 11.5 Å². The van der Waals surface area contributed by atoms with Gasteiger partial charge in [0, 0.05) is 27.8 Å². The summed E-state index contributed by atoms with van der Waals surface area (Å²) in [5.74, 6) is 1.16. The van der Waals surface area contributed by atoms with Crippen LogP contribution < -0.4 is 14.6 Å². The van der Waals surface area contributed by atoms with Gasteiger partial charge in [-0.2, -0.15) is 0 Å². The average molecular weight is 425 g/mol. The molecule has 1 atom stereocenters. The number of rotatable bonds is 5. The van der Waals surface area contributed by atoms with Gasteiger partial charge in [-0.1, -0.05) is 11.6 Å². The third kappa shape index (κ3) is 3.85. The van der Waals surface area contributed by atoms with E-state index in [0.29, 0.717) is 46.5 Å². The first-order valence-corrected chi connectivity index (χ1v) is 10.9. The molecule has 28 heavy (non-hydrogen) atoms. The molecule has 0 amide bonds. The van der Waals surface area contributed by atoms with Crippen LogP contribution in [0.4, 0.5) is 0 Å². The maximum absolute atomic E-state index is 12.7. The molecule has 1 aliphatic carbocycles. The first kappa shape index (κ1) is 20.9. The Balaban J connectivity index is 2.36. The average Bonchev–Trinajstić information content (AvgIpc) is 2.65. The molecule has 1 aliphatic rings. The van der Waals surface area contributed by atoms with Crippen molar-refractivity contribution in [3.8, 4) is 22.6 Å². The number of nitrogens with two attached hydrogens (primary N) is 1. The van der Waals surface area contributed by atoms with Crippen molar-refractivity contribution in [2.75, 3.05) is 28.3 Å². The molecule has 0 spiro atoms. The standard InChI is InChI=1S/C20H25ClN2O4S/c1-23(2)13-6-7-14-16(10-13)19(27-4)11-17(20(14)28(22,24)25)15-9-12(21)5-8-18(15)26-3/h5,8-9,11,13H,6-7,10H2,1-4H3,(H2,22,24,25). The van der Waals surface area contributed by atoms with Gasteiger partial charge in [0.2, 0.25) is 10.0 Å². The van der Waals surface area contributed by atoms with Crippen LogP contribution in [0.1, 0.15) is 17.5 Å². The highest BCUT2D eigenvalue weighted by Gasteiger charge is 2.32. The van der Waals surface area contributed by atoms with Crippen LogP contribution in [0.15, 0.2) is 29.2 Å². The summed E-state index contributed by atoms with van der Waals surface area (Å²) in [5.41, 5.74) is 2.62. The van der Waals surface area contributed by atoms with Gasteiger partial charge in [0.1, 0.15) is 11.5 Å². The van der Waals surface area contributed by atoms with Crippen molar-refractivity contribution < 1.29 is 17.9 Å². The fourth-order valence-electron chi connectivity index (χ4n) is 3.91. The Bertz CT molecular complexity index is 1010. The number of nitrogens with zero attached hydrogens (tertiary/aromatic N) is 1. The normalized spacial score (nSPS) is 16.8. The van der Waals surface area contributed by atoms with Crippen LogP contribution in [0.2, 0.25) is 5.02 Å². The molecule has 0 heterocycles. The Morgan fingerprint density at radius 3 is 2.32 bits per heavy atom. The third-order valence-electron chi connectivity index (χ3n) is 5.31. The van der Waals surface area contributed by atoms with E-state index in [4.69, 9.17) is 26.2 Å². The summed E-state index contributed by atoms with van der Waals surface area (Å²) >= 11 is 6.19. The predicted octanol–water partition coefficient (Wildman–Crippen LogP) is 3.09. The van der Waals surface area contributed by atoms with Crippen molar-refractivity contribution in [1.82, 2.24) is 4.90 Å². The van der Waals surface area contributed by atoms with Crippen molar-refractivity contribution in [2.24, 2.45) is 5.14 Å². The largest absolute Gasteiger partial charge is 0.496 e. The zero-order valence-electron chi connectivity index (χ0n) is 16.5. The number of likely N-dealkylation sites (N-methyl/N-ethyl adjacent to an activating group) is 1. The molecule has 6 nitrogen and oxygen atoms in total. The number of ether oxygens (including phenoxy) is 2. The highest BCUT2D eigenvalue weighted by Crippen LogP contribution is 2.44. The fraction of sp³-hybridized carbons (Fsp3) is 0.400. The van der Waals surface area contributed by atoms with Gasteiger partial charge in [-0.15, -0.1) is 0 Å². The Morgan fingerprint density at radius 1 is 1.07 bits per heavy atom.